The number of carbonyl (C=O) groups excluding carboxylic acids is 2. The fourth-order valence-electron chi connectivity index (χ4n) is 1.85. The van der Waals surface area contributed by atoms with Gasteiger partial charge in [-0.15, -0.1) is 0 Å². The highest BCUT2D eigenvalue weighted by Crippen LogP contribution is 2.23. The van der Waals surface area contributed by atoms with Crippen LogP contribution in [-0.4, -0.2) is 35.0 Å². The molecule has 5 heteroatoms. The van der Waals surface area contributed by atoms with Crippen LogP contribution < -0.4 is 0 Å². The smallest absolute Gasteiger partial charge is 0.410 e. The lowest BCUT2D eigenvalue weighted by molar-refractivity contribution is -0.121. The summed E-state index contributed by atoms with van der Waals surface area (Å²) in [5, 5.41) is 8.83. The number of Topliss-reactive ketones (excluding diaryl/α,β-unsaturated/α-hetero) is 1. The Morgan fingerprint density at radius 1 is 1.59 bits per heavy atom. The van der Waals surface area contributed by atoms with Crippen molar-refractivity contribution in [2.75, 3.05) is 6.54 Å². The van der Waals surface area contributed by atoms with Crippen molar-refractivity contribution in [1.29, 1.82) is 5.26 Å². The Kier molecular flexibility index (Phi) is 3.76. The van der Waals surface area contributed by atoms with Crippen molar-refractivity contribution in [3.8, 4) is 6.07 Å². The molecule has 17 heavy (non-hydrogen) atoms. The molecule has 1 amide bonds. The van der Waals surface area contributed by atoms with E-state index in [0.717, 1.165) is 0 Å². The maximum absolute atomic E-state index is 11.9. The van der Waals surface area contributed by atoms with E-state index in [1.807, 2.05) is 13.0 Å². The summed E-state index contributed by atoms with van der Waals surface area (Å²) < 4.78 is 5.22. The molecule has 0 aliphatic carbocycles. The zero-order chi connectivity index (χ0) is 13.2. The molecule has 5 nitrogen and oxygen atoms in total. The van der Waals surface area contributed by atoms with Crippen LogP contribution in [0.2, 0.25) is 0 Å². The van der Waals surface area contributed by atoms with Crippen LogP contribution in [0.15, 0.2) is 0 Å². The second kappa shape index (κ2) is 4.74. The quantitative estimate of drug-likeness (QED) is 0.697. The fourth-order valence-corrected chi connectivity index (χ4v) is 1.85. The van der Waals surface area contributed by atoms with E-state index in [4.69, 9.17) is 10.00 Å². The van der Waals surface area contributed by atoms with Gasteiger partial charge in [-0.2, -0.15) is 5.26 Å². The first-order chi connectivity index (χ1) is 7.80. The summed E-state index contributed by atoms with van der Waals surface area (Å²) >= 11 is 0. The van der Waals surface area contributed by atoms with Gasteiger partial charge in [0.15, 0.2) is 5.78 Å². The van der Waals surface area contributed by atoms with Crippen molar-refractivity contribution in [2.24, 2.45) is 5.92 Å². The summed E-state index contributed by atoms with van der Waals surface area (Å²) in [6.07, 6.45) is -0.00793. The fraction of sp³-hybridized carbons (Fsp3) is 0.750. The molecule has 0 aromatic rings. The number of likely N-dealkylation sites (tertiary alicyclic amines) is 1. The molecule has 1 aliphatic heterocycles. The van der Waals surface area contributed by atoms with Gasteiger partial charge < -0.3 is 4.74 Å². The number of ketones is 1. The summed E-state index contributed by atoms with van der Waals surface area (Å²) in [6.45, 7) is 7.27. The van der Waals surface area contributed by atoms with E-state index in [0.29, 0.717) is 6.42 Å². The first-order valence-corrected chi connectivity index (χ1v) is 5.73. The van der Waals surface area contributed by atoms with Gasteiger partial charge in [-0.25, -0.2) is 4.79 Å². The van der Waals surface area contributed by atoms with Crippen LogP contribution in [0.4, 0.5) is 4.79 Å². The summed E-state index contributed by atoms with van der Waals surface area (Å²) in [7, 11) is 0. The number of carbonyl (C=O) groups is 2. The molecule has 94 valence electrons. The van der Waals surface area contributed by atoms with E-state index < -0.39 is 23.7 Å². The van der Waals surface area contributed by atoms with Gasteiger partial charge in [-0.3, -0.25) is 9.69 Å². The van der Waals surface area contributed by atoms with E-state index in [1.165, 1.54) is 4.90 Å². The van der Waals surface area contributed by atoms with Gasteiger partial charge >= 0.3 is 6.09 Å². The maximum atomic E-state index is 11.9. The molecular weight excluding hydrogens is 220 g/mol. The van der Waals surface area contributed by atoms with E-state index in [1.54, 1.807) is 20.8 Å². The summed E-state index contributed by atoms with van der Waals surface area (Å²) in [4.78, 5) is 25.0. The minimum atomic E-state index is -0.715. The Labute approximate surface area is 101 Å². The number of nitrogens with zero attached hydrogens (tertiary/aromatic N) is 2. The molecule has 0 aromatic carbocycles. The third-order valence-corrected chi connectivity index (χ3v) is 2.60. The average molecular weight is 238 g/mol. The van der Waals surface area contributed by atoms with Crippen LogP contribution in [-0.2, 0) is 9.53 Å². The van der Waals surface area contributed by atoms with Crippen LogP contribution in [0.25, 0.3) is 0 Å². The van der Waals surface area contributed by atoms with Crippen molar-refractivity contribution in [1.82, 2.24) is 4.90 Å². The van der Waals surface area contributed by atoms with Gasteiger partial charge in [0.25, 0.3) is 0 Å². The Morgan fingerprint density at radius 2 is 2.18 bits per heavy atom. The first kappa shape index (κ1) is 13.5. The van der Waals surface area contributed by atoms with Crippen molar-refractivity contribution in [3.05, 3.63) is 0 Å². The average Bonchev–Trinajstić information content (AvgIpc) is 2.52. The number of hydrogen-bond acceptors (Lipinski definition) is 4. The van der Waals surface area contributed by atoms with Crippen LogP contribution >= 0.6 is 0 Å². The summed E-state index contributed by atoms with van der Waals surface area (Å²) in [6, 6.07) is 1.41. The zero-order valence-corrected chi connectivity index (χ0v) is 10.7. The molecule has 0 N–H and O–H groups in total. The Morgan fingerprint density at radius 3 is 2.59 bits per heavy atom. The first-order valence-electron chi connectivity index (χ1n) is 5.73. The standard InChI is InChI=1S/C12H18N2O3/c1-5-9-10(15)8(6-13)7-14(9)11(16)17-12(2,3)4/h8-9H,5,7H2,1-4H3/t8-,9-/m1/s1. The number of ether oxygens (including phenoxy) is 1. The minimum absolute atomic E-state index is 0.142. The maximum Gasteiger partial charge on any atom is 0.410 e. The van der Waals surface area contributed by atoms with E-state index in [2.05, 4.69) is 0 Å². The Hall–Kier alpha value is -1.57. The van der Waals surface area contributed by atoms with Crippen molar-refractivity contribution in [2.45, 2.75) is 45.8 Å². The molecule has 0 saturated carbocycles. The molecule has 0 unspecified atom stereocenters. The van der Waals surface area contributed by atoms with Gasteiger partial charge in [-0.05, 0) is 27.2 Å². The van der Waals surface area contributed by atoms with E-state index in [-0.39, 0.29) is 12.3 Å². The van der Waals surface area contributed by atoms with E-state index >= 15 is 0 Å². The predicted octanol–water partition coefficient (Wildman–Crippen LogP) is 1.72. The van der Waals surface area contributed by atoms with Crippen molar-refractivity contribution in [3.63, 3.8) is 0 Å². The van der Waals surface area contributed by atoms with Gasteiger partial charge in [0.2, 0.25) is 0 Å². The van der Waals surface area contributed by atoms with Crippen molar-refractivity contribution < 1.29 is 14.3 Å². The number of hydrogen-bond donors (Lipinski definition) is 0. The lowest BCUT2D eigenvalue weighted by atomic mass is 10.0. The molecule has 1 fully saturated rings. The van der Waals surface area contributed by atoms with Gasteiger partial charge in [0.05, 0.1) is 12.1 Å². The lowest BCUT2D eigenvalue weighted by Gasteiger charge is -2.27. The zero-order valence-electron chi connectivity index (χ0n) is 10.7. The van der Waals surface area contributed by atoms with Crippen LogP contribution in [0.3, 0.4) is 0 Å². The van der Waals surface area contributed by atoms with E-state index in [9.17, 15) is 9.59 Å². The number of nitriles is 1. The van der Waals surface area contributed by atoms with Crippen LogP contribution in [0.5, 0.6) is 0 Å². The highest BCUT2D eigenvalue weighted by Gasteiger charge is 2.43. The molecular formula is C12H18N2O3. The van der Waals surface area contributed by atoms with Crippen molar-refractivity contribution >= 4 is 11.9 Å². The second-order valence-electron chi connectivity index (χ2n) is 5.14. The van der Waals surface area contributed by atoms with Gasteiger partial charge in [0, 0.05) is 6.54 Å². The molecule has 1 saturated heterocycles. The molecule has 0 radical (unpaired) electrons. The summed E-state index contributed by atoms with van der Waals surface area (Å²) in [5.41, 5.74) is -0.594. The topological polar surface area (TPSA) is 70.4 Å². The Balaban J connectivity index is 2.81. The largest absolute Gasteiger partial charge is 0.444 e. The number of rotatable bonds is 1. The minimum Gasteiger partial charge on any atom is -0.444 e. The normalized spacial score (nSPS) is 24.6. The second-order valence-corrected chi connectivity index (χ2v) is 5.14. The molecule has 0 aromatic heterocycles. The van der Waals surface area contributed by atoms with Gasteiger partial charge in [0.1, 0.15) is 11.5 Å². The molecule has 2 atom stereocenters. The molecule has 1 aliphatic rings. The SMILES string of the molecule is CC[C@@H]1C(=O)[C@H](C#N)CN1C(=O)OC(C)(C)C. The van der Waals surface area contributed by atoms with Gasteiger partial charge in [-0.1, -0.05) is 6.92 Å². The number of amides is 1. The van der Waals surface area contributed by atoms with Crippen LogP contribution in [0.1, 0.15) is 34.1 Å². The molecule has 1 heterocycles. The molecule has 0 spiro atoms. The highest BCUT2D eigenvalue weighted by molar-refractivity contribution is 5.94. The van der Waals surface area contributed by atoms with Crippen LogP contribution in [0, 0.1) is 17.2 Å². The molecule has 1 rings (SSSR count). The monoisotopic (exact) mass is 238 g/mol. The summed E-state index contributed by atoms with van der Waals surface area (Å²) in [5.74, 6) is -0.895. The predicted molar refractivity (Wildman–Crippen MR) is 61.1 cm³/mol. The molecule has 0 bridgehead atoms. The third-order valence-electron chi connectivity index (χ3n) is 2.60. The Bertz CT molecular complexity index is 365. The third kappa shape index (κ3) is 2.96. The lowest BCUT2D eigenvalue weighted by Crippen LogP contribution is -2.41. The highest BCUT2D eigenvalue weighted by atomic mass is 16.6.